The first kappa shape index (κ1) is 10.3. The highest BCUT2D eigenvalue weighted by atomic mass is 16.4. The molecule has 0 bridgehead atoms. The van der Waals surface area contributed by atoms with Crippen LogP contribution in [0.15, 0.2) is 0 Å². The van der Waals surface area contributed by atoms with Gasteiger partial charge in [-0.2, -0.15) is 0 Å². The number of rotatable bonds is 0. The molecule has 4 nitrogen and oxygen atoms in total. The average Bonchev–Trinajstić information content (AvgIpc) is 2.28. The van der Waals surface area contributed by atoms with Crippen molar-refractivity contribution in [2.75, 3.05) is 6.54 Å². The van der Waals surface area contributed by atoms with Crippen molar-refractivity contribution in [3.8, 4) is 0 Å². The summed E-state index contributed by atoms with van der Waals surface area (Å²) in [5.74, 6) is 0. The van der Waals surface area contributed by atoms with Crippen LogP contribution in [-0.4, -0.2) is 34.7 Å². The minimum atomic E-state index is -0.854. The molecule has 0 aromatic rings. The molecule has 2 atom stereocenters. The van der Waals surface area contributed by atoms with Gasteiger partial charge in [0.2, 0.25) is 0 Å². The van der Waals surface area contributed by atoms with Gasteiger partial charge in [-0.15, -0.1) is 0 Å². The summed E-state index contributed by atoms with van der Waals surface area (Å²) in [6, 6.07) is -0.0684. The second-order valence-corrected chi connectivity index (χ2v) is 4.74. The van der Waals surface area contributed by atoms with Gasteiger partial charge in [0.25, 0.3) is 0 Å². The van der Waals surface area contributed by atoms with Gasteiger partial charge < -0.3 is 15.7 Å². The Balaban J connectivity index is 2.83. The molecule has 76 valence electrons. The van der Waals surface area contributed by atoms with Gasteiger partial charge in [-0.25, -0.2) is 4.79 Å². The van der Waals surface area contributed by atoms with E-state index in [1.54, 1.807) is 0 Å². The van der Waals surface area contributed by atoms with Crippen LogP contribution in [0.3, 0.4) is 0 Å². The Morgan fingerprint density at radius 2 is 2.08 bits per heavy atom. The van der Waals surface area contributed by atoms with E-state index in [2.05, 4.69) is 0 Å². The number of carbonyl (C=O) groups is 1. The Morgan fingerprint density at radius 3 is 2.38 bits per heavy atom. The molecular formula is C9H18N2O2. The van der Waals surface area contributed by atoms with Crippen LogP contribution in [0.25, 0.3) is 0 Å². The number of carboxylic acid groups (broad SMARTS) is 1. The summed E-state index contributed by atoms with van der Waals surface area (Å²) in [5.41, 5.74) is 5.81. The molecule has 1 amide bonds. The van der Waals surface area contributed by atoms with E-state index in [-0.39, 0.29) is 17.5 Å². The molecule has 1 aliphatic heterocycles. The fourth-order valence-corrected chi connectivity index (χ4v) is 2.14. The largest absolute Gasteiger partial charge is 0.465 e. The minimum Gasteiger partial charge on any atom is -0.465 e. The molecule has 0 spiro atoms. The Morgan fingerprint density at radius 1 is 1.54 bits per heavy atom. The van der Waals surface area contributed by atoms with E-state index in [0.717, 1.165) is 6.42 Å². The van der Waals surface area contributed by atoms with Gasteiger partial charge in [0.15, 0.2) is 0 Å². The first-order valence-electron chi connectivity index (χ1n) is 4.59. The third-order valence-electron chi connectivity index (χ3n) is 2.58. The van der Waals surface area contributed by atoms with Crippen LogP contribution in [0.1, 0.15) is 27.2 Å². The molecule has 0 aromatic heterocycles. The Labute approximate surface area is 78.7 Å². The zero-order chi connectivity index (χ0) is 10.2. The number of amides is 1. The average molecular weight is 186 g/mol. The molecule has 13 heavy (non-hydrogen) atoms. The zero-order valence-corrected chi connectivity index (χ0v) is 8.45. The number of nitrogens with two attached hydrogens (primary N) is 1. The van der Waals surface area contributed by atoms with Crippen molar-refractivity contribution in [1.29, 1.82) is 0 Å². The van der Waals surface area contributed by atoms with E-state index < -0.39 is 6.09 Å². The van der Waals surface area contributed by atoms with Crippen LogP contribution >= 0.6 is 0 Å². The van der Waals surface area contributed by atoms with E-state index in [1.165, 1.54) is 4.90 Å². The third kappa shape index (κ3) is 1.94. The molecule has 1 fully saturated rings. The van der Waals surface area contributed by atoms with Crippen LogP contribution in [0.4, 0.5) is 4.79 Å². The molecule has 1 heterocycles. The molecular weight excluding hydrogens is 168 g/mol. The highest BCUT2D eigenvalue weighted by Crippen LogP contribution is 2.31. The number of hydrogen-bond donors (Lipinski definition) is 2. The monoisotopic (exact) mass is 186 g/mol. The van der Waals surface area contributed by atoms with Crippen LogP contribution in [0.5, 0.6) is 0 Å². The number of nitrogens with zero attached hydrogens (tertiary/aromatic N) is 1. The summed E-state index contributed by atoms with van der Waals surface area (Å²) in [6.45, 7) is 6.65. The van der Waals surface area contributed by atoms with Gasteiger partial charge >= 0.3 is 6.09 Å². The molecule has 0 aromatic carbocycles. The molecule has 1 saturated heterocycles. The Kier molecular flexibility index (Phi) is 2.52. The fourth-order valence-electron chi connectivity index (χ4n) is 2.14. The van der Waals surface area contributed by atoms with Crippen molar-refractivity contribution in [3.63, 3.8) is 0 Å². The number of hydrogen-bond acceptors (Lipinski definition) is 2. The first-order valence-corrected chi connectivity index (χ1v) is 4.59. The predicted molar refractivity (Wildman–Crippen MR) is 50.6 cm³/mol. The molecule has 0 aliphatic carbocycles. The zero-order valence-electron chi connectivity index (χ0n) is 8.45. The van der Waals surface area contributed by atoms with Crippen LogP contribution < -0.4 is 5.73 Å². The Hall–Kier alpha value is -0.770. The number of likely N-dealkylation sites (tertiary alicyclic amines) is 1. The van der Waals surface area contributed by atoms with Crippen LogP contribution in [0.2, 0.25) is 0 Å². The van der Waals surface area contributed by atoms with Crippen molar-refractivity contribution in [1.82, 2.24) is 4.90 Å². The lowest BCUT2D eigenvalue weighted by Crippen LogP contribution is -2.49. The molecule has 0 radical (unpaired) electrons. The summed E-state index contributed by atoms with van der Waals surface area (Å²) >= 11 is 0. The standard InChI is InChI=1S/C9H18N2O2/c1-9(2,3)7-6(10)4-5-11(7)8(12)13/h6-7H,4-5,10H2,1-3H3,(H,12,13). The first-order chi connectivity index (χ1) is 5.84. The van der Waals surface area contributed by atoms with E-state index in [0.29, 0.717) is 6.54 Å². The van der Waals surface area contributed by atoms with Crippen LogP contribution in [-0.2, 0) is 0 Å². The smallest absolute Gasteiger partial charge is 0.407 e. The molecule has 3 N–H and O–H groups in total. The maximum atomic E-state index is 10.9. The van der Waals surface area contributed by atoms with Gasteiger partial charge in [0.1, 0.15) is 0 Å². The van der Waals surface area contributed by atoms with Crippen molar-refractivity contribution in [2.24, 2.45) is 11.1 Å². The lowest BCUT2D eigenvalue weighted by molar-refractivity contribution is 0.102. The summed E-state index contributed by atoms with van der Waals surface area (Å²) in [4.78, 5) is 12.3. The molecule has 0 saturated carbocycles. The van der Waals surface area contributed by atoms with Crippen molar-refractivity contribution in [3.05, 3.63) is 0 Å². The van der Waals surface area contributed by atoms with Crippen molar-refractivity contribution >= 4 is 6.09 Å². The second kappa shape index (κ2) is 3.18. The normalized spacial score (nSPS) is 29.4. The summed E-state index contributed by atoms with van der Waals surface area (Å²) in [6.07, 6.45) is -0.0818. The molecule has 4 heteroatoms. The maximum Gasteiger partial charge on any atom is 0.407 e. The van der Waals surface area contributed by atoms with E-state index in [9.17, 15) is 4.79 Å². The highest BCUT2D eigenvalue weighted by Gasteiger charge is 2.42. The van der Waals surface area contributed by atoms with Crippen molar-refractivity contribution in [2.45, 2.75) is 39.3 Å². The van der Waals surface area contributed by atoms with E-state index in [4.69, 9.17) is 10.8 Å². The van der Waals surface area contributed by atoms with Gasteiger partial charge in [-0.1, -0.05) is 20.8 Å². The SMILES string of the molecule is CC(C)(C)C1C(N)CCN1C(=O)O. The summed E-state index contributed by atoms with van der Waals surface area (Å²) < 4.78 is 0. The summed E-state index contributed by atoms with van der Waals surface area (Å²) in [5, 5.41) is 8.94. The predicted octanol–water partition coefficient (Wildman–Crippen LogP) is 1.11. The van der Waals surface area contributed by atoms with E-state index in [1.807, 2.05) is 20.8 Å². The van der Waals surface area contributed by atoms with Gasteiger partial charge in [-0.05, 0) is 11.8 Å². The minimum absolute atomic E-state index is 0.0175. The van der Waals surface area contributed by atoms with Gasteiger partial charge in [0.05, 0.1) is 6.04 Å². The Bertz CT molecular complexity index is 210. The quantitative estimate of drug-likeness (QED) is 0.595. The summed E-state index contributed by atoms with van der Waals surface area (Å²) in [7, 11) is 0. The van der Waals surface area contributed by atoms with Crippen molar-refractivity contribution < 1.29 is 9.90 Å². The third-order valence-corrected chi connectivity index (χ3v) is 2.58. The lowest BCUT2D eigenvalue weighted by Gasteiger charge is -2.35. The fraction of sp³-hybridized carbons (Fsp3) is 0.889. The lowest BCUT2D eigenvalue weighted by atomic mass is 9.83. The van der Waals surface area contributed by atoms with Gasteiger partial charge in [-0.3, -0.25) is 0 Å². The topological polar surface area (TPSA) is 66.6 Å². The molecule has 1 rings (SSSR count). The van der Waals surface area contributed by atoms with Gasteiger partial charge in [0, 0.05) is 12.6 Å². The maximum absolute atomic E-state index is 10.9. The van der Waals surface area contributed by atoms with E-state index >= 15 is 0 Å². The van der Waals surface area contributed by atoms with Crippen LogP contribution in [0, 0.1) is 5.41 Å². The highest BCUT2D eigenvalue weighted by molar-refractivity contribution is 5.66. The molecule has 2 unspecified atom stereocenters. The second-order valence-electron chi connectivity index (χ2n) is 4.74. The molecule has 1 aliphatic rings.